The molecule has 0 radical (unpaired) electrons. The average Bonchev–Trinajstić information content (AvgIpc) is 2.80. The molecule has 2 amide bonds. The van der Waals surface area contributed by atoms with Gasteiger partial charge in [-0.05, 0) is 53.6 Å². The zero-order valence-electron chi connectivity index (χ0n) is 17.5. The number of benzene rings is 3. The Morgan fingerprint density at radius 1 is 0.818 bits per heavy atom. The molecule has 3 aromatic carbocycles. The van der Waals surface area contributed by atoms with E-state index >= 15 is 0 Å². The summed E-state index contributed by atoms with van der Waals surface area (Å²) in [6, 6.07) is 20.1. The van der Waals surface area contributed by atoms with Gasteiger partial charge in [-0.15, -0.1) is 0 Å². The molecule has 0 fully saturated rings. The molecule has 8 nitrogen and oxygen atoms in total. The summed E-state index contributed by atoms with van der Waals surface area (Å²) in [5.74, 6) is -2.56. The summed E-state index contributed by atoms with van der Waals surface area (Å²) < 4.78 is 4.99. The smallest absolute Gasteiger partial charge is 0.308 e. The van der Waals surface area contributed by atoms with E-state index in [1.54, 1.807) is 54.6 Å². The number of carbonyl (C=O) groups is 4. The second-order valence-corrected chi connectivity index (χ2v) is 6.86. The number of hydrogen-bond donors (Lipinski definition) is 2. The predicted octanol–water partition coefficient (Wildman–Crippen LogP) is 2.39. The summed E-state index contributed by atoms with van der Waals surface area (Å²) in [7, 11) is 0. The van der Waals surface area contributed by atoms with E-state index in [1.807, 2.05) is 0 Å². The Morgan fingerprint density at radius 3 is 2.03 bits per heavy atom. The van der Waals surface area contributed by atoms with Crippen molar-refractivity contribution in [3.8, 4) is 5.75 Å². The third kappa shape index (κ3) is 6.63. The second kappa shape index (κ2) is 10.5. The SMILES string of the molecule is CC(=O)Oc1ccc(/C=C(\NC(=O)c2ccccc2)C(=O)Nc2ccc(C(=O)[O-])cc2)cc1. The molecule has 33 heavy (non-hydrogen) atoms. The van der Waals surface area contributed by atoms with Crippen LogP contribution in [-0.4, -0.2) is 23.8 Å². The molecule has 0 spiro atoms. The van der Waals surface area contributed by atoms with E-state index in [1.165, 1.54) is 37.3 Å². The van der Waals surface area contributed by atoms with Crippen molar-refractivity contribution >= 4 is 35.5 Å². The molecular weight excluding hydrogens is 424 g/mol. The third-order valence-corrected chi connectivity index (χ3v) is 4.36. The minimum Gasteiger partial charge on any atom is -0.545 e. The molecule has 0 saturated carbocycles. The van der Waals surface area contributed by atoms with Gasteiger partial charge in [0.2, 0.25) is 0 Å². The Hall–Kier alpha value is -4.72. The molecule has 166 valence electrons. The zero-order valence-corrected chi connectivity index (χ0v) is 17.5. The predicted molar refractivity (Wildman–Crippen MR) is 119 cm³/mol. The summed E-state index contributed by atoms with van der Waals surface area (Å²) in [5.41, 5.74) is 1.17. The van der Waals surface area contributed by atoms with Crippen LogP contribution in [0.5, 0.6) is 5.75 Å². The molecule has 0 aliphatic rings. The maximum atomic E-state index is 12.9. The lowest BCUT2D eigenvalue weighted by molar-refractivity contribution is -0.255. The van der Waals surface area contributed by atoms with E-state index in [0.717, 1.165) is 0 Å². The fourth-order valence-corrected chi connectivity index (χ4v) is 2.80. The number of amides is 2. The standard InChI is InChI=1S/C25H20N2O6/c1-16(28)33-21-13-7-17(8-14-21)15-22(27-23(29)18-5-3-2-4-6-18)24(30)26-20-11-9-19(10-12-20)25(31)32/h2-15H,1H3,(H,26,30)(H,27,29)(H,31,32)/p-1/b22-15-. The quantitative estimate of drug-likeness (QED) is 0.328. The van der Waals surface area contributed by atoms with Crippen LogP contribution in [0.4, 0.5) is 5.69 Å². The van der Waals surface area contributed by atoms with Crippen LogP contribution in [0, 0.1) is 0 Å². The molecule has 0 saturated heterocycles. The van der Waals surface area contributed by atoms with E-state index < -0.39 is 23.8 Å². The van der Waals surface area contributed by atoms with Crippen LogP contribution >= 0.6 is 0 Å². The van der Waals surface area contributed by atoms with E-state index in [-0.39, 0.29) is 11.3 Å². The highest BCUT2D eigenvalue weighted by Gasteiger charge is 2.15. The van der Waals surface area contributed by atoms with Crippen molar-refractivity contribution in [2.75, 3.05) is 5.32 Å². The number of carboxylic acid groups (broad SMARTS) is 1. The number of anilines is 1. The van der Waals surface area contributed by atoms with Crippen molar-refractivity contribution < 1.29 is 29.0 Å². The number of carbonyl (C=O) groups excluding carboxylic acids is 4. The van der Waals surface area contributed by atoms with Crippen molar-refractivity contribution in [3.63, 3.8) is 0 Å². The van der Waals surface area contributed by atoms with Gasteiger partial charge in [0.25, 0.3) is 11.8 Å². The van der Waals surface area contributed by atoms with E-state index in [4.69, 9.17) is 4.74 Å². The van der Waals surface area contributed by atoms with E-state index in [0.29, 0.717) is 22.6 Å². The van der Waals surface area contributed by atoms with E-state index in [9.17, 15) is 24.3 Å². The van der Waals surface area contributed by atoms with Crippen molar-refractivity contribution in [2.24, 2.45) is 0 Å². The van der Waals surface area contributed by atoms with Crippen LogP contribution < -0.4 is 20.5 Å². The number of rotatable bonds is 7. The van der Waals surface area contributed by atoms with Crippen molar-refractivity contribution in [1.82, 2.24) is 5.32 Å². The first-order valence-electron chi connectivity index (χ1n) is 9.81. The minimum absolute atomic E-state index is 0.0333. The number of esters is 1. The van der Waals surface area contributed by atoms with Crippen LogP contribution in [0.25, 0.3) is 6.08 Å². The Labute approximate surface area is 189 Å². The van der Waals surface area contributed by atoms with Gasteiger partial charge >= 0.3 is 5.97 Å². The van der Waals surface area contributed by atoms with Crippen molar-refractivity contribution in [2.45, 2.75) is 6.92 Å². The number of nitrogens with one attached hydrogen (secondary N) is 2. The first-order chi connectivity index (χ1) is 15.8. The molecule has 0 unspecified atom stereocenters. The van der Waals surface area contributed by atoms with Gasteiger partial charge in [-0.25, -0.2) is 0 Å². The Morgan fingerprint density at radius 2 is 1.45 bits per heavy atom. The Bertz CT molecular complexity index is 1200. The zero-order chi connectivity index (χ0) is 23.8. The fraction of sp³-hybridized carbons (Fsp3) is 0.0400. The largest absolute Gasteiger partial charge is 0.545 e. The molecule has 0 bridgehead atoms. The van der Waals surface area contributed by atoms with Crippen LogP contribution in [0.3, 0.4) is 0 Å². The monoisotopic (exact) mass is 443 g/mol. The van der Waals surface area contributed by atoms with Gasteiger partial charge in [-0.3, -0.25) is 14.4 Å². The summed E-state index contributed by atoms with van der Waals surface area (Å²) in [6.45, 7) is 1.29. The molecule has 0 aliphatic carbocycles. The summed E-state index contributed by atoms with van der Waals surface area (Å²) >= 11 is 0. The van der Waals surface area contributed by atoms with Gasteiger partial charge in [0.1, 0.15) is 11.4 Å². The molecule has 2 N–H and O–H groups in total. The topological polar surface area (TPSA) is 125 Å². The molecule has 0 aromatic heterocycles. The summed E-state index contributed by atoms with van der Waals surface area (Å²) in [5, 5.41) is 16.1. The van der Waals surface area contributed by atoms with Crippen LogP contribution in [0.1, 0.15) is 33.2 Å². The van der Waals surface area contributed by atoms with Crippen LogP contribution in [-0.2, 0) is 9.59 Å². The lowest BCUT2D eigenvalue weighted by Gasteiger charge is -2.12. The maximum absolute atomic E-state index is 12.9. The summed E-state index contributed by atoms with van der Waals surface area (Å²) in [4.78, 5) is 47.5. The highest BCUT2D eigenvalue weighted by Crippen LogP contribution is 2.16. The normalized spacial score (nSPS) is 10.8. The van der Waals surface area contributed by atoms with Gasteiger partial charge in [0.05, 0.1) is 5.97 Å². The molecular formula is C25H19N2O6-. The van der Waals surface area contributed by atoms with Crippen LogP contribution in [0.15, 0.2) is 84.6 Å². The number of carboxylic acids is 1. The van der Waals surface area contributed by atoms with Gasteiger partial charge < -0.3 is 25.3 Å². The number of ether oxygens (including phenoxy) is 1. The first kappa shape index (κ1) is 23.0. The van der Waals surface area contributed by atoms with Crippen molar-refractivity contribution in [1.29, 1.82) is 0 Å². The van der Waals surface area contributed by atoms with Gasteiger partial charge in [-0.2, -0.15) is 0 Å². The molecule has 0 aliphatic heterocycles. The van der Waals surface area contributed by atoms with Crippen molar-refractivity contribution in [3.05, 3.63) is 101 Å². The average molecular weight is 443 g/mol. The molecule has 0 atom stereocenters. The first-order valence-corrected chi connectivity index (χ1v) is 9.81. The van der Waals surface area contributed by atoms with Gasteiger partial charge in [0.15, 0.2) is 0 Å². The third-order valence-electron chi connectivity index (χ3n) is 4.36. The number of hydrogen-bond acceptors (Lipinski definition) is 6. The van der Waals surface area contributed by atoms with Crippen LogP contribution in [0.2, 0.25) is 0 Å². The highest BCUT2D eigenvalue weighted by molar-refractivity contribution is 6.10. The van der Waals surface area contributed by atoms with E-state index in [2.05, 4.69) is 10.6 Å². The minimum atomic E-state index is -1.33. The molecule has 0 heterocycles. The lowest BCUT2D eigenvalue weighted by atomic mass is 10.1. The fourth-order valence-electron chi connectivity index (χ4n) is 2.80. The maximum Gasteiger partial charge on any atom is 0.308 e. The summed E-state index contributed by atoms with van der Waals surface area (Å²) in [6.07, 6.45) is 1.46. The molecule has 8 heteroatoms. The molecule has 3 aromatic rings. The lowest BCUT2D eigenvalue weighted by Crippen LogP contribution is -2.30. The molecule has 3 rings (SSSR count). The number of aromatic carboxylic acids is 1. The Balaban J connectivity index is 1.86. The van der Waals surface area contributed by atoms with Gasteiger partial charge in [0, 0.05) is 18.2 Å². The Kier molecular flexibility index (Phi) is 7.33. The van der Waals surface area contributed by atoms with Gasteiger partial charge in [-0.1, -0.05) is 42.5 Å². The highest BCUT2D eigenvalue weighted by atomic mass is 16.5. The second-order valence-electron chi connectivity index (χ2n) is 6.86.